The van der Waals surface area contributed by atoms with E-state index in [0.717, 1.165) is 5.69 Å². The number of rotatable bonds is 4. The van der Waals surface area contributed by atoms with Crippen LogP contribution in [0, 0.1) is 0 Å². The molecule has 130 valence electrons. The molecule has 9 nitrogen and oxygen atoms in total. The van der Waals surface area contributed by atoms with Gasteiger partial charge in [0.15, 0.2) is 5.03 Å². The van der Waals surface area contributed by atoms with Crippen molar-refractivity contribution in [1.82, 2.24) is 29.9 Å². The van der Waals surface area contributed by atoms with Crippen LogP contribution in [-0.4, -0.2) is 38.4 Å². The molecule has 3 aromatic heterocycles. The molecule has 0 bridgehead atoms. The number of nitrogens with one attached hydrogen (secondary N) is 1. The van der Waals surface area contributed by atoms with Crippen LogP contribution in [0.4, 0.5) is 0 Å². The Balaban J connectivity index is 1.78. The summed E-state index contributed by atoms with van der Waals surface area (Å²) in [5.41, 5.74) is 0.418. The summed E-state index contributed by atoms with van der Waals surface area (Å²) in [7, 11) is -3.82. The van der Waals surface area contributed by atoms with Gasteiger partial charge in [-0.15, -0.1) is 0 Å². The molecule has 4 aromatic rings. The smallest absolute Gasteiger partial charge is 0.274 e. The number of hydrogen-bond donors (Lipinski definition) is 1. The normalized spacial score (nSPS) is 11.7. The largest absolute Gasteiger partial charge is 0.281 e. The third-order valence-corrected chi connectivity index (χ3v) is 5.46. The van der Waals surface area contributed by atoms with Gasteiger partial charge in [-0.05, 0) is 24.3 Å². The molecule has 1 N–H and O–H groups in total. The van der Waals surface area contributed by atoms with Crippen molar-refractivity contribution in [2.75, 3.05) is 0 Å². The van der Waals surface area contributed by atoms with Gasteiger partial charge in [-0.25, -0.2) is 18.1 Å². The van der Waals surface area contributed by atoms with Crippen molar-refractivity contribution in [2.24, 2.45) is 0 Å². The van der Waals surface area contributed by atoms with Crippen molar-refractivity contribution in [2.45, 2.75) is 16.5 Å². The third-order valence-electron chi connectivity index (χ3n) is 3.83. The zero-order valence-electron chi connectivity index (χ0n) is 13.3. The van der Waals surface area contributed by atoms with Crippen molar-refractivity contribution >= 4 is 20.6 Å². The first-order valence-electron chi connectivity index (χ1n) is 7.55. The lowest BCUT2D eigenvalue weighted by molar-refractivity contribution is 0.591. The van der Waals surface area contributed by atoms with Crippen LogP contribution in [0.3, 0.4) is 0 Å². The van der Waals surface area contributed by atoms with E-state index in [2.05, 4.69) is 25.3 Å². The molecule has 10 heteroatoms. The average molecular weight is 368 g/mol. The first kappa shape index (κ1) is 16.1. The molecule has 0 aliphatic heterocycles. The van der Waals surface area contributed by atoms with Crippen molar-refractivity contribution in [3.63, 3.8) is 0 Å². The Kier molecular flexibility index (Phi) is 3.81. The SMILES string of the molecule is O=c1c2ccc(S(=O)(=O)c3cnccn3)cc2cnn1Cc1ccn[nH]1. The molecule has 0 saturated heterocycles. The molecule has 4 rings (SSSR count). The van der Waals surface area contributed by atoms with E-state index in [-0.39, 0.29) is 22.0 Å². The molecule has 0 spiro atoms. The molecule has 0 radical (unpaired) electrons. The molecule has 0 saturated carbocycles. The molecule has 1 aromatic carbocycles. The monoisotopic (exact) mass is 368 g/mol. The zero-order valence-corrected chi connectivity index (χ0v) is 14.1. The summed E-state index contributed by atoms with van der Waals surface area (Å²) in [5.74, 6) is 0. The summed E-state index contributed by atoms with van der Waals surface area (Å²) in [6, 6.07) is 6.02. The minimum Gasteiger partial charge on any atom is -0.281 e. The molecule has 0 aliphatic rings. The highest BCUT2D eigenvalue weighted by molar-refractivity contribution is 7.91. The number of hydrogen-bond acceptors (Lipinski definition) is 7. The maximum Gasteiger partial charge on any atom is 0.274 e. The predicted octanol–water partition coefficient (Wildman–Crippen LogP) is 0.791. The van der Waals surface area contributed by atoms with E-state index in [1.807, 2.05) is 0 Å². The summed E-state index contributed by atoms with van der Waals surface area (Å²) in [4.78, 5) is 20.2. The fourth-order valence-corrected chi connectivity index (χ4v) is 3.69. The third kappa shape index (κ3) is 2.75. The molecule has 0 amide bonds. The second kappa shape index (κ2) is 6.15. The zero-order chi connectivity index (χ0) is 18.1. The topological polar surface area (TPSA) is 123 Å². The quantitative estimate of drug-likeness (QED) is 0.565. The van der Waals surface area contributed by atoms with Gasteiger partial charge in [-0.1, -0.05) is 0 Å². The van der Waals surface area contributed by atoms with Gasteiger partial charge in [0.05, 0.1) is 34.9 Å². The fourth-order valence-electron chi connectivity index (χ4n) is 2.52. The van der Waals surface area contributed by atoms with E-state index < -0.39 is 9.84 Å². The minimum absolute atomic E-state index is 0.0259. The lowest BCUT2D eigenvalue weighted by Crippen LogP contribution is -2.23. The Hall–Kier alpha value is -3.40. The van der Waals surface area contributed by atoms with E-state index in [0.29, 0.717) is 10.8 Å². The summed E-state index contributed by atoms with van der Waals surface area (Å²) < 4.78 is 26.5. The first-order valence-corrected chi connectivity index (χ1v) is 9.03. The summed E-state index contributed by atoms with van der Waals surface area (Å²) in [6.45, 7) is 0.244. The van der Waals surface area contributed by atoms with Crippen molar-refractivity contribution < 1.29 is 8.42 Å². The number of H-pyrrole nitrogens is 1. The lowest BCUT2D eigenvalue weighted by atomic mass is 10.2. The van der Waals surface area contributed by atoms with Gasteiger partial charge >= 0.3 is 0 Å². The number of benzene rings is 1. The summed E-state index contributed by atoms with van der Waals surface area (Å²) in [5, 5.41) is 11.4. The Morgan fingerprint density at radius 3 is 2.69 bits per heavy atom. The van der Waals surface area contributed by atoms with Gasteiger partial charge in [0, 0.05) is 24.0 Å². The summed E-state index contributed by atoms with van der Waals surface area (Å²) >= 11 is 0. The number of aromatic amines is 1. The van der Waals surface area contributed by atoms with E-state index >= 15 is 0 Å². The molecular formula is C16H12N6O3S. The van der Waals surface area contributed by atoms with Crippen molar-refractivity contribution in [3.8, 4) is 0 Å². The average Bonchev–Trinajstić information content (AvgIpc) is 3.17. The number of fused-ring (bicyclic) bond motifs is 1. The van der Waals surface area contributed by atoms with Crippen LogP contribution in [0.25, 0.3) is 10.8 Å². The van der Waals surface area contributed by atoms with Gasteiger partial charge in [-0.2, -0.15) is 10.2 Å². The van der Waals surface area contributed by atoms with Crippen LogP contribution in [0.2, 0.25) is 0 Å². The molecular weight excluding hydrogens is 356 g/mol. The van der Waals surface area contributed by atoms with Gasteiger partial charge in [0.25, 0.3) is 5.56 Å². The highest BCUT2D eigenvalue weighted by atomic mass is 32.2. The summed E-state index contributed by atoms with van der Waals surface area (Å²) in [6.07, 6.45) is 6.93. The molecule has 3 heterocycles. The van der Waals surface area contributed by atoms with Crippen LogP contribution in [0.1, 0.15) is 5.69 Å². The molecule has 26 heavy (non-hydrogen) atoms. The number of nitrogens with zero attached hydrogens (tertiary/aromatic N) is 5. The van der Waals surface area contributed by atoms with Gasteiger partial charge in [0.2, 0.25) is 9.84 Å². The van der Waals surface area contributed by atoms with Crippen molar-refractivity contribution in [3.05, 3.63) is 71.3 Å². The van der Waals surface area contributed by atoms with Crippen molar-refractivity contribution in [1.29, 1.82) is 0 Å². The van der Waals surface area contributed by atoms with E-state index in [4.69, 9.17) is 0 Å². The van der Waals surface area contributed by atoms with Crippen LogP contribution >= 0.6 is 0 Å². The number of aromatic nitrogens is 6. The Morgan fingerprint density at radius 1 is 1.08 bits per heavy atom. The maximum atomic E-state index is 12.6. The molecule has 0 atom stereocenters. The fraction of sp³-hybridized carbons (Fsp3) is 0.0625. The second-order valence-corrected chi connectivity index (χ2v) is 7.38. The van der Waals surface area contributed by atoms with Crippen LogP contribution in [0.15, 0.2) is 70.0 Å². The Morgan fingerprint density at radius 2 is 1.96 bits per heavy atom. The van der Waals surface area contributed by atoms with Gasteiger partial charge in [-0.3, -0.25) is 14.9 Å². The lowest BCUT2D eigenvalue weighted by Gasteiger charge is -2.07. The van der Waals surface area contributed by atoms with Gasteiger partial charge in [0.1, 0.15) is 0 Å². The second-order valence-electron chi connectivity index (χ2n) is 5.49. The highest BCUT2D eigenvalue weighted by Gasteiger charge is 2.20. The Labute approximate surface area is 147 Å². The van der Waals surface area contributed by atoms with Crippen LogP contribution in [0.5, 0.6) is 0 Å². The van der Waals surface area contributed by atoms with E-state index in [1.54, 1.807) is 12.3 Å². The van der Waals surface area contributed by atoms with Crippen LogP contribution in [-0.2, 0) is 16.4 Å². The minimum atomic E-state index is -3.82. The van der Waals surface area contributed by atoms with E-state index in [1.165, 1.54) is 47.7 Å². The standard InChI is InChI=1S/C16H12N6O3S/c23-16-14-2-1-13(26(24,25)15-9-17-5-6-18-15)7-11(14)8-20-22(16)10-12-3-4-19-21-12/h1-9H,10H2,(H,19,21). The van der Waals surface area contributed by atoms with E-state index in [9.17, 15) is 13.2 Å². The molecule has 0 unspecified atom stereocenters. The van der Waals surface area contributed by atoms with Gasteiger partial charge < -0.3 is 0 Å². The number of sulfone groups is 1. The Bertz CT molecular complexity index is 1230. The first-order chi connectivity index (χ1) is 12.6. The molecule has 0 fully saturated rings. The maximum absolute atomic E-state index is 12.6. The predicted molar refractivity (Wildman–Crippen MR) is 91.2 cm³/mol. The molecule has 0 aliphatic carbocycles. The highest BCUT2D eigenvalue weighted by Crippen LogP contribution is 2.21. The van der Waals surface area contributed by atoms with Crippen LogP contribution < -0.4 is 5.56 Å².